The van der Waals surface area contributed by atoms with Gasteiger partial charge >= 0.3 is 5.97 Å². The summed E-state index contributed by atoms with van der Waals surface area (Å²) in [6, 6.07) is 9.87. The predicted octanol–water partition coefficient (Wildman–Crippen LogP) is 3.28. The first-order chi connectivity index (χ1) is 16.5. The van der Waals surface area contributed by atoms with E-state index in [1.165, 1.54) is 0 Å². The Bertz CT molecular complexity index is 1330. The van der Waals surface area contributed by atoms with E-state index in [4.69, 9.17) is 9.26 Å². The molecule has 0 radical (unpaired) electrons. The van der Waals surface area contributed by atoms with Crippen molar-refractivity contribution in [2.45, 2.75) is 40.0 Å². The van der Waals surface area contributed by atoms with Gasteiger partial charge in [0, 0.05) is 50.2 Å². The number of nitrogens with zero attached hydrogens (tertiary/aromatic N) is 6. The summed E-state index contributed by atoms with van der Waals surface area (Å²) in [6.07, 6.45) is 1.64. The lowest BCUT2D eigenvalue weighted by atomic mass is 10.1. The van der Waals surface area contributed by atoms with Crippen LogP contribution in [-0.4, -0.2) is 61.5 Å². The number of esters is 1. The van der Waals surface area contributed by atoms with E-state index >= 15 is 0 Å². The average molecular weight is 462 g/mol. The number of pyridine rings is 1. The number of carbonyl (C=O) groups is 1. The highest BCUT2D eigenvalue weighted by molar-refractivity contribution is 5.94. The van der Waals surface area contributed by atoms with Crippen LogP contribution in [0.25, 0.3) is 22.2 Å². The molecule has 0 spiro atoms. The molecule has 1 aromatic carbocycles. The van der Waals surface area contributed by atoms with Crippen LogP contribution >= 0.6 is 0 Å². The van der Waals surface area contributed by atoms with E-state index in [1.54, 1.807) is 13.1 Å². The van der Waals surface area contributed by atoms with Crippen LogP contribution < -0.4 is 5.32 Å². The molecule has 1 aliphatic rings. The van der Waals surface area contributed by atoms with Crippen molar-refractivity contribution < 1.29 is 14.1 Å². The number of hydrogen-bond donors (Lipinski definition) is 1. The van der Waals surface area contributed by atoms with Gasteiger partial charge in [-0.2, -0.15) is 10.1 Å². The molecule has 4 aromatic rings. The minimum atomic E-state index is -0.373. The Kier molecular flexibility index (Phi) is 5.97. The number of anilines is 1. The molecule has 0 fully saturated rings. The number of hydrogen-bond acceptors (Lipinski definition) is 9. The minimum absolute atomic E-state index is 0.163. The van der Waals surface area contributed by atoms with Gasteiger partial charge in [-0.1, -0.05) is 17.3 Å². The fraction of sp³-hybridized carbons (Fsp3) is 0.375. The molecule has 5 rings (SSSR count). The van der Waals surface area contributed by atoms with Gasteiger partial charge in [-0.15, -0.1) is 0 Å². The number of aromatic nitrogens is 5. The first-order valence-corrected chi connectivity index (χ1v) is 11.4. The Morgan fingerprint density at radius 2 is 2.12 bits per heavy atom. The highest BCUT2D eigenvalue weighted by atomic mass is 16.5. The van der Waals surface area contributed by atoms with Gasteiger partial charge in [-0.3, -0.25) is 9.58 Å². The van der Waals surface area contributed by atoms with Crippen LogP contribution in [0, 0.1) is 6.92 Å². The summed E-state index contributed by atoms with van der Waals surface area (Å²) in [6.45, 7) is 9.34. The van der Waals surface area contributed by atoms with Crippen molar-refractivity contribution in [3.05, 3.63) is 53.8 Å². The summed E-state index contributed by atoms with van der Waals surface area (Å²) in [7, 11) is 0. The van der Waals surface area contributed by atoms with Gasteiger partial charge in [-0.25, -0.2) is 9.78 Å². The maximum absolute atomic E-state index is 12.2. The van der Waals surface area contributed by atoms with E-state index < -0.39 is 0 Å². The van der Waals surface area contributed by atoms with Crippen molar-refractivity contribution in [3.8, 4) is 11.4 Å². The molecule has 34 heavy (non-hydrogen) atoms. The van der Waals surface area contributed by atoms with E-state index in [0.29, 0.717) is 17.4 Å². The molecule has 0 bridgehead atoms. The average Bonchev–Trinajstić information content (AvgIpc) is 3.44. The fourth-order valence-corrected chi connectivity index (χ4v) is 4.08. The molecule has 0 saturated carbocycles. The third-order valence-electron chi connectivity index (χ3n) is 5.70. The molecule has 4 heterocycles. The second-order valence-electron chi connectivity index (χ2n) is 8.63. The number of benzene rings is 1. The SMILES string of the molecule is Cc1nc(-c2ccc3ccnc(NCCN4CCn5nc(C(=O)OC(C)C)cc5C4)c3c2)no1. The molecular formula is C24H27N7O3. The molecule has 10 heteroatoms. The van der Waals surface area contributed by atoms with E-state index in [1.807, 2.05) is 48.9 Å². The predicted molar refractivity (Wildman–Crippen MR) is 126 cm³/mol. The van der Waals surface area contributed by atoms with Crippen molar-refractivity contribution in [2.75, 3.05) is 25.0 Å². The van der Waals surface area contributed by atoms with Crippen molar-refractivity contribution in [1.82, 2.24) is 29.8 Å². The lowest BCUT2D eigenvalue weighted by molar-refractivity contribution is 0.0369. The molecule has 1 aliphatic heterocycles. The number of nitrogens with one attached hydrogen (secondary N) is 1. The Morgan fingerprint density at radius 1 is 1.24 bits per heavy atom. The second-order valence-corrected chi connectivity index (χ2v) is 8.63. The summed E-state index contributed by atoms with van der Waals surface area (Å²) in [4.78, 5) is 23.4. The molecule has 176 valence electrons. The molecule has 1 N–H and O–H groups in total. The van der Waals surface area contributed by atoms with E-state index in [2.05, 4.69) is 30.4 Å². The molecule has 10 nitrogen and oxygen atoms in total. The first-order valence-electron chi connectivity index (χ1n) is 11.4. The standard InChI is InChI=1S/C24H27N7O3/c1-15(2)33-24(32)21-13-19-14-30(10-11-31(19)28-21)9-8-26-23-20-12-18(22-27-16(3)34-29-22)5-4-17(20)6-7-25-23/h4-7,12-13,15H,8-11,14H2,1-3H3,(H,25,26). The zero-order chi connectivity index (χ0) is 23.7. The number of carbonyl (C=O) groups excluding carboxylic acids is 1. The summed E-state index contributed by atoms with van der Waals surface area (Å²) in [5.74, 6) is 1.55. The van der Waals surface area contributed by atoms with Crippen LogP contribution in [0.4, 0.5) is 5.82 Å². The van der Waals surface area contributed by atoms with Crippen molar-refractivity contribution in [1.29, 1.82) is 0 Å². The summed E-state index contributed by atoms with van der Waals surface area (Å²) in [5.41, 5.74) is 2.28. The normalized spacial score (nSPS) is 13.9. The molecular weight excluding hydrogens is 434 g/mol. The van der Waals surface area contributed by atoms with Gasteiger partial charge in [0.1, 0.15) is 5.82 Å². The second kappa shape index (κ2) is 9.22. The Hall–Kier alpha value is -3.79. The smallest absolute Gasteiger partial charge is 0.359 e. The van der Waals surface area contributed by atoms with Crippen LogP contribution in [-0.2, 0) is 17.8 Å². The highest BCUT2D eigenvalue weighted by Crippen LogP contribution is 2.26. The lowest BCUT2D eigenvalue weighted by Gasteiger charge is -2.27. The molecule has 0 saturated heterocycles. The maximum atomic E-state index is 12.2. The third kappa shape index (κ3) is 4.62. The van der Waals surface area contributed by atoms with Gasteiger partial charge < -0.3 is 14.6 Å². The van der Waals surface area contributed by atoms with Gasteiger partial charge in [0.2, 0.25) is 11.7 Å². The maximum Gasteiger partial charge on any atom is 0.359 e. The topological polar surface area (TPSA) is 111 Å². The van der Waals surface area contributed by atoms with Crippen LogP contribution in [0.15, 0.2) is 41.1 Å². The number of ether oxygens (including phenoxy) is 1. The van der Waals surface area contributed by atoms with E-state index in [-0.39, 0.29) is 12.1 Å². The van der Waals surface area contributed by atoms with E-state index in [0.717, 1.165) is 60.6 Å². The quantitative estimate of drug-likeness (QED) is 0.414. The largest absolute Gasteiger partial charge is 0.458 e. The van der Waals surface area contributed by atoms with Gasteiger partial charge in [0.15, 0.2) is 5.69 Å². The van der Waals surface area contributed by atoms with Crippen LogP contribution in [0.1, 0.15) is 35.9 Å². The van der Waals surface area contributed by atoms with Crippen molar-refractivity contribution >= 4 is 22.6 Å². The minimum Gasteiger partial charge on any atom is -0.458 e. The molecule has 0 aliphatic carbocycles. The number of aryl methyl sites for hydroxylation is 1. The van der Waals surface area contributed by atoms with Gasteiger partial charge in [0.25, 0.3) is 0 Å². The zero-order valence-corrected chi connectivity index (χ0v) is 19.5. The molecule has 0 unspecified atom stereocenters. The Morgan fingerprint density at radius 3 is 2.91 bits per heavy atom. The fourth-order valence-electron chi connectivity index (χ4n) is 4.08. The van der Waals surface area contributed by atoms with Crippen molar-refractivity contribution in [2.24, 2.45) is 0 Å². The Labute approximate surface area is 196 Å². The summed E-state index contributed by atoms with van der Waals surface area (Å²) < 4.78 is 12.3. The lowest BCUT2D eigenvalue weighted by Crippen LogP contribution is -2.36. The van der Waals surface area contributed by atoms with Crippen LogP contribution in [0.2, 0.25) is 0 Å². The summed E-state index contributed by atoms with van der Waals surface area (Å²) in [5, 5.41) is 14.0. The third-order valence-corrected chi connectivity index (χ3v) is 5.70. The van der Waals surface area contributed by atoms with Gasteiger partial charge in [0.05, 0.1) is 18.3 Å². The van der Waals surface area contributed by atoms with Gasteiger partial charge in [-0.05, 0) is 37.4 Å². The monoisotopic (exact) mass is 461 g/mol. The first kappa shape index (κ1) is 22.0. The Balaban J connectivity index is 1.24. The molecule has 3 aromatic heterocycles. The van der Waals surface area contributed by atoms with Crippen molar-refractivity contribution in [3.63, 3.8) is 0 Å². The molecule has 0 atom stereocenters. The zero-order valence-electron chi connectivity index (χ0n) is 19.5. The van der Waals surface area contributed by atoms with Crippen LogP contribution in [0.5, 0.6) is 0 Å². The highest BCUT2D eigenvalue weighted by Gasteiger charge is 2.22. The number of rotatable bonds is 7. The molecule has 0 amide bonds. The number of fused-ring (bicyclic) bond motifs is 2. The summed E-state index contributed by atoms with van der Waals surface area (Å²) >= 11 is 0. The van der Waals surface area contributed by atoms with Crippen LogP contribution in [0.3, 0.4) is 0 Å². The van der Waals surface area contributed by atoms with E-state index in [9.17, 15) is 4.79 Å².